The van der Waals surface area contributed by atoms with Crippen molar-refractivity contribution in [3.05, 3.63) is 0 Å². The average molecular weight is 225 g/mol. The molecule has 0 radical (unpaired) electrons. The Balaban J connectivity index is 1.80. The highest BCUT2D eigenvalue weighted by atomic mass is 15.2. The number of piperidine rings is 2. The molecule has 0 aromatic heterocycles. The van der Waals surface area contributed by atoms with Gasteiger partial charge >= 0.3 is 0 Å². The summed E-state index contributed by atoms with van der Waals surface area (Å²) in [6.07, 6.45) is 5.09. The summed E-state index contributed by atoms with van der Waals surface area (Å²) in [6.45, 7) is 8.72. The predicted octanol–water partition coefficient (Wildman–Crippen LogP) is 1.14. The molecule has 2 rings (SSSR count). The van der Waals surface area contributed by atoms with E-state index >= 15 is 0 Å². The molecule has 0 aromatic carbocycles. The van der Waals surface area contributed by atoms with Gasteiger partial charge in [0.15, 0.2) is 0 Å². The lowest BCUT2D eigenvalue weighted by molar-refractivity contribution is 0.0745. The number of likely N-dealkylation sites (tertiary alicyclic amines) is 2. The Kier molecular flexibility index (Phi) is 3.88. The predicted molar refractivity (Wildman–Crippen MR) is 68.5 cm³/mol. The largest absolute Gasteiger partial charge is 0.328 e. The van der Waals surface area contributed by atoms with Gasteiger partial charge in [0.1, 0.15) is 0 Å². The Morgan fingerprint density at radius 2 is 1.69 bits per heavy atom. The maximum absolute atomic E-state index is 5.95. The van der Waals surface area contributed by atoms with E-state index < -0.39 is 0 Å². The smallest absolute Gasteiger partial charge is 0.00631 e. The highest BCUT2D eigenvalue weighted by Gasteiger charge is 2.31. The molecule has 0 atom stereocenters. The Bertz CT molecular complexity index is 213. The zero-order valence-corrected chi connectivity index (χ0v) is 10.9. The summed E-state index contributed by atoms with van der Waals surface area (Å²) >= 11 is 0. The molecule has 3 nitrogen and oxygen atoms in total. The van der Waals surface area contributed by atoms with Gasteiger partial charge in [-0.1, -0.05) is 6.92 Å². The van der Waals surface area contributed by atoms with Crippen LogP contribution in [-0.2, 0) is 0 Å². The molecule has 2 saturated heterocycles. The van der Waals surface area contributed by atoms with Gasteiger partial charge in [0.05, 0.1) is 0 Å². The number of hydrogen-bond acceptors (Lipinski definition) is 3. The molecule has 2 fully saturated rings. The van der Waals surface area contributed by atoms with Gasteiger partial charge < -0.3 is 15.5 Å². The minimum absolute atomic E-state index is 0.460. The van der Waals surface area contributed by atoms with E-state index in [0.29, 0.717) is 11.5 Å². The maximum Gasteiger partial charge on any atom is 0.00631 e. The molecule has 0 amide bonds. The van der Waals surface area contributed by atoms with E-state index in [1.807, 2.05) is 0 Å². The molecular weight excluding hydrogens is 198 g/mol. The van der Waals surface area contributed by atoms with E-state index in [0.717, 1.165) is 0 Å². The molecule has 2 aliphatic heterocycles. The molecule has 2 heterocycles. The first kappa shape index (κ1) is 12.3. The van der Waals surface area contributed by atoms with Gasteiger partial charge in [0.25, 0.3) is 0 Å². The summed E-state index contributed by atoms with van der Waals surface area (Å²) in [6, 6.07) is 0.460. The first-order valence-electron chi connectivity index (χ1n) is 6.74. The Morgan fingerprint density at radius 1 is 1.12 bits per heavy atom. The normalized spacial score (nSPS) is 29.4. The first-order chi connectivity index (χ1) is 7.57. The van der Waals surface area contributed by atoms with Crippen LogP contribution in [0.5, 0.6) is 0 Å². The van der Waals surface area contributed by atoms with Crippen LogP contribution in [0.15, 0.2) is 0 Å². The van der Waals surface area contributed by atoms with E-state index in [2.05, 4.69) is 23.8 Å². The van der Waals surface area contributed by atoms with Gasteiger partial charge in [-0.3, -0.25) is 0 Å². The van der Waals surface area contributed by atoms with Gasteiger partial charge in [-0.25, -0.2) is 0 Å². The van der Waals surface area contributed by atoms with Gasteiger partial charge in [-0.2, -0.15) is 0 Å². The fraction of sp³-hybridized carbons (Fsp3) is 1.00. The molecule has 94 valence electrons. The summed E-state index contributed by atoms with van der Waals surface area (Å²) in [5.74, 6) is 0. The van der Waals surface area contributed by atoms with Gasteiger partial charge in [0.2, 0.25) is 0 Å². The van der Waals surface area contributed by atoms with Crippen LogP contribution < -0.4 is 5.73 Å². The average Bonchev–Trinajstić information content (AvgIpc) is 2.27. The van der Waals surface area contributed by atoms with Crippen LogP contribution >= 0.6 is 0 Å². The van der Waals surface area contributed by atoms with E-state index in [9.17, 15) is 0 Å². The van der Waals surface area contributed by atoms with E-state index in [4.69, 9.17) is 5.73 Å². The molecule has 0 saturated carbocycles. The SMILES string of the molecule is CN1CCC(C)(CN2CCC(N)CC2)CC1. The number of rotatable bonds is 2. The molecule has 16 heavy (non-hydrogen) atoms. The molecule has 0 aromatic rings. The first-order valence-corrected chi connectivity index (χ1v) is 6.74. The Hall–Kier alpha value is -0.120. The molecule has 0 bridgehead atoms. The van der Waals surface area contributed by atoms with Gasteiger partial charge in [-0.05, 0) is 64.3 Å². The van der Waals surface area contributed by atoms with Crippen LogP contribution in [0.2, 0.25) is 0 Å². The van der Waals surface area contributed by atoms with E-state index in [1.165, 1.54) is 58.4 Å². The summed E-state index contributed by atoms with van der Waals surface area (Å²) in [4.78, 5) is 5.09. The summed E-state index contributed by atoms with van der Waals surface area (Å²) in [5, 5.41) is 0. The third-order valence-corrected chi connectivity index (χ3v) is 4.43. The fourth-order valence-electron chi connectivity index (χ4n) is 2.97. The van der Waals surface area contributed by atoms with Crippen LogP contribution in [-0.4, -0.2) is 55.6 Å². The highest BCUT2D eigenvalue weighted by molar-refractivity contribution is 4.86. The van der Waals surface area contributed by atoms with Crippen molar-refractivity contribution in [2.24, 2.45) is 11.1 Å². The standard InChI is InChI=1S/C13H27N3/c1-13(5-9-15(2)10-6-13)11-16-7-3-12(14)4-8-16/h12H,3-11,14H2,1-2H3. The van der Waals surface area contributed by atoms with Gasteiger partial charge in [0, 0.05) is 12.6 Å². The quantitative estimate of drug-likeness (QED) is 0.765. The monoisotopic (exact) mass is 225 g/mol. The molecule has 2 N–H and O–H groups in total. The zero-order chi connectivity index (χ0) is 11.6. The lowest BCUT2D eigenvalue weighted by Gasteiger charge is -2.42. The number of nitrogens with two attached hydrogens (primary N) is 1. The second-order valence-corrected chi connectivity index (χ2v) is 6.23. The third-order valence-electron chi connectivity index (χ3n) is 4.43. The Labute approximate surface area is 100.0 Å². The van der Waals surface area contributed by atoms with Crippen molar-refractivity contribution in [1.29, 1.82) is 0 Å². The van der Waals surface area contributed by atoms with E-state index in [-0.39, 0.29) is 0 Å². The van der Waals surface area contributed by atoms with Crippen LogP contribution in [0.25, 0.3) is 0 Å². The summed E-state index contributed by atoms with van der Waals surface area (Å²) < 4.78 is 0. The number of hydrogen-bond donors (Lipinski definition) is 1. The topological polar surface area (TPSA) is 32.5 Å². The Morgan fingerprint density at radius 3 is 2.25 bits per heavy atom. The summed E-state index contributed by atoms with van der Waals surface area (Å²) in [5.41, 5.74) is 6.50. The molecule has 0 spiro atoms. The number of nitrogens with zero attached hydrogens (tertiary/aromatic N) is 2. The van der Waals surface area contributed by atoms with Crippen molar-refractivity contribution in [2.75, 3.05) is 39.8 Å². The van der Waals surface area contributed by atoms with Crippen LogP contribution in [0, 0.1) is 5.41 Å². The second kappa shape index (κ2) is 5.03. The molecule has 2 aliphatic rings. The van der Waals surface area contributed by atoms with Crippen molar-refractivity contribution >= 4 is 0 Å². The zero-order valence-electron chi connectivity index (χ0n) is 10.9. The minimum Gasteiger partial charge on any atom is -0.328 e. The van der Waals surface area contributed by atoms with Crippen molar-refractivity contribution in [3.8, 4) is 0 Å². The van der Waals surface area contributed by atoms with Crippen molar-refractivity contribution < 1.29 is 0 Å². The van der Waals surface area contributed by atoms with Crippen LogP contribution in [0.1, 0.15) is 32.6 Å². The molecule has 0 unspecified atom stereocenters. The third kappa shape index (κ3) is 3.19. The fourth-order valence-corrected chi connectivity index (χ4v) is 2.97. The second-order valence-electron chi connectivity index (χ2n) is 6.23. The van der Waals surface area contributed by atoms with E-state index in [1.54, 1.807) is 0 Å². The van der Waals surface area contributed by atoms with Crippen molar-refractivity contribution in [1.82, 2.24) is 9.80 Å². The van der Waals surface area contributed by atoms with Crippen LogP contribution in [0.3, 0.4) is 0 Å². The minimum atomic E-state index is 0.460. The highest BCUT2D eigenvalue weighted by Crippen LogP contribution is 2.31. The van der Waals surface area contributed by atoms with Crippen LogP contribution in [0.4, 0.5) is 0 Å². The summed E-state index contributed by atoms with van der Waals surface area (Å²) in [7, 11) is 2.24. The van der Waals surface area contributed by atoms with Crippen molar-refractivity contribution in [3.63, 3.8) is 0 Å². The maximum atomic E-state index is 5.95. The van der Waals surface area contributed by atoms with Gasteiger partial charge in [-0.15, -0.1) is 0 Å². The molecular formula is C13H27N3. The van der Waals surface area contributed by atoms with Crippen molar-refractivity contribution in [2.45, 2.75) is 38.6 Å². The molecule has 3 heteroatoms. The lowest BCUT2D eigenvalue weighted by Crippen LogP contribution is -2.47. The lowest BCUT2D eigenvalue weighted by atomic mass is 9.79. The molecule has 0 aliphatic carbocycles.